The Labute approximate surface area is 147 Å². The highest BCUT2D eigenvalue weighted by Gasteiger charge is 2.17. The molecule has 1 aliphatic rings. The summed E-state index contributed by atoms with van der Waals surface area (Å²) >= 11 is 6.15. The van der Waals surface area contributed by atoms with E-state index in [0.29, 0.717) is 5.02 Å². The molecule has 1 aliphatic heterocycles. The summed E-state index contributed by atoms with van der Waals surface area (Å²) in [6.45, 7) is 8.07. The summed E-state index contributed by atoms with van der Waals surface area (Å²) in [5.41, 5.74) is 11.9. The van der Waals surface area contributed by atoms with Crippen LogP contribution in [-0.4, -0.2) is 4.90 Å². The van der Waals surface area contributed by atoms with Gasteiger partial charge in [-0.15, -0.1) is 0 Å². The Hall–Kier alpha value is -2.71. The fourth-order valence-corrected chi connectivity index (χ4v) is 2.93. The normalized spacial score (nSPS) is 14.2. The lowest BCUT2D eigenvalue weighted by Gasteiger charge is -2.27. The predicted molar refractivity (Wildman–Crippen MR) is 103 cm³/mol. The van der Waals surface area contributed by atoms with Gasteiger partial charge in [-0.05, 0) is 53.5 Å². The van der Waals surface area contributed by atoms with E-state index in [-0.39, 0.29) is 0 Å². The van der Waals surface area contributed by atoms with Crippen LogP contribution in [0.15, 0.2) is 91.4 Å². The molecule has 0 radical (unpaired) electrons. The summed E-state index contributed by atoms with van der Waals surface area (Å²) in [5.74, 6) is 0. The van der Waals surface area contributed by atoms with Gasteiger partial charge in [-0.1, -0.05) is 49.0 Å². The van der Waals surface area contributed by atoms with Gasteiger partial charge in [-0.3, -0.25) is 0 Å². The standard InChI is InChI=1S/C21H19ClN2/c1-3-24-14-17(11-16-7-9-20(23)10-8-16)12-21(15(24)2)18-5-4-6-19(22)13-18/h3-10,12-14H,1-2,11,23H2. The number of nitrogen functional groups attached to an aromatic ring is 1. The number of anilines is 1. The maximum absolute atomic E-state index is 6.15. The third-order valence-electron chi connectivity index (χ3n) is 3.98. The molecule has 24 heavy (non-hydrogen) atoms. The molecule has 0 fully saturated rings. The monoisotopic (exact) mass is 334 g/mol. The second-order valence-corrected chi connectivity index (χ2v) is 6.16. The van der Waals surface area contributed by atoms with Crippen molar-refractivity contribution in [3.63, 3.8) is 0 Å². The molecule has 0 amide bonds. The molecule has 0 spiro atoms. The summed E-state index contributed by atoms with van der Waals surface area (Å²) in [6.07, 6.45) is 6.79. The third-order valence-corrected chi connectivity index (χ3v) is 4.21. The zero-order valence-electron chi connectivity index (χ0n) is 13.4. The minimum atomic E-state index is 0.709. The highest BCUT2D eigenvalue weighted by Crippen LogP contribution is 2.33. The average Bonchev–Trinajstić information content (AvgIpc) is 2.58. The largest absolute Gasteiger partial charge is 0.399 e. The Morgan fingerprint density at radius 1 is 1.12 bits per heavy atom. The van der Waals surface area contributed by atoms with Gasteiger partial charge in [-0.25, -0.2) is 0 Å². The van der Waals surface area contributed by atoms with Gasteiger partial charge in [0.15, 0.2) is 0 Å². The SMILES string of the molecule is C=CN1C=C(Cc2ccc(N)cc2)C=C(c2cccc(Cl)c2)C1=C. The van der Waals surface area contributed by atoms with Crippen molar-refractivity contribution in [1.29, 1.82) is 0 Å². The Balaban J connectivity index is 1.97. The molecule has 0 aromatic heterocycles. The number of hydrogen-bond acceptors (Lipinski definition) is 2. The number of halogens is 1. The van der Waals surface area contributed by atoms with E-state index in [1.54, 1.807) is 6.20 Å². The van der Waals surface area contributed by atoms with E-state index < -0.39 is 0 Å². The Kier molecular flexibility index (Phi) is 4.59. The Morgan fingerprint density at radius 2 is 1.88 bits per heavy atom. The number of allylic oxidation sites excluding steroid dienone is 3. The van der Waals surface area contributed by atoms with Gasteiger partial charge in [0, 0.05) is 34.4 Å². The molecule has 0 unspecified atom stereocenters. The van der Waals surface area contributed by atoms with E-state index in [1.807, 2.05) is 53.4 Å². The van der Waals surface area contributed by atoms with Crippen LogP contribution in [0.2, 0.25) is 5.02 Å². The first-order valence-electron chi connectivity index (χ1n) is 7.70. The van der Waals surface area contributed by atoms with Gasteiger partial charge in [0.2, 0.25) is 0 Å². The molecule has 0 saturated heterocycles. The topological polar surface area (TPSA) is 29.3 Å². The molecule has 1 heterocycles. The quantitative estimate of drug-likeness (QED) is 0.758. The maximum atomic E-state index is 6.15. The van der Waals surface area contributed by atoms with E-state index in [9.17, 15) is 0 Å². The summed E-state index contributed by atoms with van der Waals surface area (Å²) in [7, 11) is 0. The Bertz CT molecular complexity index is 844. The molecule has 0 atom stereocenters. The molecule has 0 aliphatic carbocycles. The lowest BCUT2D eigenvalue weighted by molar-refractivity contribution is 0.648. The van der Waals surface area contributed by atoms with Crippen LogP contribution in [0.4, 0.5) is 5.69 Å². The van der Waals surface area contributed by atoms with Gasteiger partial charge < -0.3 is 10.6 Å². The first kappa shape index (κ1) is 16.2. The van der Waals surface area contributed by atoms with Crippen LogP contribution in [0.1, 0.15) is 11.1 Å². The molecule has 2 N–H and O–H groups in total. The molecule has 120 valence electrons. The molecule has 2 aromatic carbocycles. The van der Waals surface area contributed by atoms with E-state index in [0.717, 1.165) is 28.9 Å². The smallest absolute Gasteiger partial charge is 0.0455 e. The number of nitrogens with zero attached hydrogens (tertiary/aromatic N) is 1. The first-order chi connectivity index (χ1) is 11.6. The number of rotatable bonds is 4. The fraction of sp³-hybridized carbons (Fsp3) is 0.0476. The average molecular weight is 335 g/mol. The minimum absolute atomic E-state index is 0.709. The highest BCUT2D eigenvalue weighted by atomic mass is 35.5. The van der Waals surface area contributed by atoms with Crippen LogP contribution >= 0.6 is 11.6 Å². The van der Waals surface area contributed by atoms with Crippen LogP contribution in [0.3, 0.4) is 0 Å². The highest BCUT2D eigenvalue weighted by molar-refractivity contribution is 6.30. The summed E-state index contributed by atoms with van der Waals surface area (Å²) < 4.78 is 0. The minimum Gasteiger partial charge on any atom is -0.399 e. The van der Waals surface area contributed by atoms with E-state index in [4.69, 9.17) is 17.3 Å². The maximum Gasteiger partial charge on any atom is 0.0455 e. The second kappa shape index (κ2) is 6.81. The molecule has 3 heteroatoms. The van der Waals surface area contributed by atoms with Gasteiger partial charge in [0.05, 0.1) is 0 Å². The predicted octanol–water partition coefficient (Wildman–Crippen LogP) is 5.41. The summed E-state index contributed by atoms with van der Waals surface area (Å²) in [4.78, 5) is 1.95. The summed E-state index contributed by atoms with van der Waals surface area (Å²) in [6, 6.07) is 15.7. The van der Waals surface area contributed by atoms with E-state index in [1.165, 1.54) is 11.1 Å². The lowest BCUT2D eigenvalue weighted by Crippen LogP contribution is -2.15. The second-order valence-electron chi connectivity index (χ2n) is 5.73. The zero-order chi connectivity index (χ0) is 17.1. The molecular formula is C21H19ClN2. The first-order valence-corrected chi connectivity index (χ1v) is 8.07. The molecule has 0 saturated carbocycles. The van der Waals surface area contributed by atoms with Gasteiger partial charge >= 0.3 is 0 Å². The van der Waals surface area contributed by atoms with Gasteiger partial charge in [-0.2, -0.15) is 0 Å². The number of nitrogens with two attached hydrogens (primary N) is 1. The summed E-state index contributed by atoms with van der Waals surface area (Å²) in [5, 5.41) is 0.709. The van der Waals surface area contributed by atoms with Crippen molar-refractivity contribution in [2.75, 3.05) is 5.73 Å². The third kappa shape index (κ3) is 3.44. The molecule has 2 aromatic rings. The molecular weight excluding hydrogens is 316 g/mol. The van der Waals surface area contributed by atoms with Gasteiger partial charge in [0.25, 0.3) is 0 Å². The number of benzene rings is 2. The van der Waals surface area contributed by atoms with Crippen LogP contribution in [0, 0.1) is 0 Å². The van der Waals surface area contributed by atoms with E-state index in [2.05, 4.69) is 25.4 Å². The van der Waals surface area contributed by atoms with Crippen LogP contribution in [0.5, 0.6) is 0 Å². The zero-order valence-corrected chi connectivity index (χ0v) is 14.1. The fourth-order valence-electron chi connectivity index (χ4n) is 2.74. The molecule has 0 bridgehead atoms. The molecule has 2 nitrogen and oxygen atoms in total. The van der Waals surface area contributed by atoms with Crippen LogP contribution < -0.4 is 5.73 Å². The van der Waals surface area contributed by atoms with E-state index >= 15 is 0 Å². The molecule has 3 rings (SSSR count). The van der Waals surface area contributed by atoms with Crippen LogP contribution in [-0.2, 0) is 6.42 Å². The van der Waals surface area contributed by atoms with Crippen molar-refractivity contribution in [2.45, 2.75) is 6.42 Å². The lowest BCUT2D eigenvalue weighted by atomic mass is 9.94. The van der Waals surface area contributed by atoms with Crippen molar-refractivity contribution >= 4 is 22.9 Å². The Morgan fingerprint density at radius 3 is 2.54 bits per heavy atom. The van der Waals surface area contributed by atoms with Crippen molar-refractivity contribution < 1.29 is 0 Å². The van der Waals surface area contributed by atoms with Crippen molar-refractivity contribution in [1.82, 2.24) is 4.90 Å². The van der Waals surface area contributed by atoms with Crippen molar-refractivity contribution in [3.05, 3.63) is 108 Å². The number of hydrogen-bond donors (Lipinski definition) is 1. The van der Waals surface area contributed by atoms with Crippen LogP contribution in [0.25, 0.3) is 5.57 Å². The van der Waals surface area contributed by atoms with Crippen molar-refractivity contribution in [2.24, 2.45) is 0 Å². The van der Waals surface area contributed by atoms with Gasteiger partial charge in [0.1, 0.15) is 0 Å². The van der Waals surface area contributed by atoms with Crippen molar-refractivity contribution in [3.8, 4) is 0 Å².